The van der Waals surface area contributed by atoms with Crippen LogP contribution in [0.4, 0.5) is 0 Å². The highest BCUT2D eigenvalue weighted by Gasteiger charge is 2.25. The minimum atomic E-state index is -0.723. The molecule has 0 aliphatic carbocycles. The van der Waals surface area contributed by atoms with Crippen LogP contribution in [0.3, 0.4) is 0 Å². The first kappa shape index (κ1) is 31.5. The van der Waals surface area contributed by atoms with E-state index >= 15 is 0 Å². The van der Waals surface area contributed by atoms with Crippen molar-refractivity contribution < 1.29 is 19.1 Å². The van der Waals surface area contributed by atoms with E-state index in [1.807, 2.05) is 65.2 Å². The SMILES string of the molecule is NC(=O)[C@H](CCCN=C(N)N)n1c(-c2ccc(Oc3ccccc3)cc2)nc2cc(C(=O)NCCCN3CCOCC3)ccc21. The van der Waals surface area contributed by atoms with Gasteiger partial charge < -0.3 is 36.6 Å². The number of amides is 2. The highest BCUT2D eigenvalue weighted by atomic mass is 16.5. The number of aliphatic imine (C=N–C) groups is 1. The highest BCUT2D eigenvalue weighted by molar-refractivity contribution is 5.98. The average molecular weight is 613 g/mol. The molecule has 1 saturated heterocycles. The number of morpholine rings is 1. The maximum Gasteiger partial charge on any atom is 0.251 e. The monoisotopic (exact) mass is 612 g/mol. The van der Waals surface area contributed by atoms with Gasteiger partial charge in [0.25, 0.3) is 5.91 Å². The molecule has 1 aromatic heterocycles. The zero-order chi connectivity index (χ0) is 31.6. The fourth-order valence-corrected chi connectivity index (χ4v) is 5.38. The van der Waals surface area contributed by atoms with Crippen LogP contribution in [0.2, 0.25) is 0 Å². The second-order valence-electron chi connectivity index (χ2n) is 10.9. The first-order chi connectivity index (χ1) is 21.9. The van der Waals surface area contributed by atoms with Gasteiger partial charge in [0.05, 0.1) is 24.2 Å². The van der Waals surface area contributed by atoms with Gasteiger partial charge in [-0.1, -0.05) is 18.2 Å². The van der Waals surface area contributed by atoms with Crippen molar-refractivity contribution in [1.29, 1.82) is 0 Å². The summed E-state index contributed by atoms with van der Waals surface area (Å²) in [6, 6.07) is 21.5. The number of aromatic nitrogens is 2. The molecule has 12 heteroatoms. The highest BCUT2D eigenvalue weighted by Crippen LogP contribution is 2.32. The van der Waals surface area contributed by atoms with Crippen LogP contribution in [0.15, 0.2) is 77.8 Å². The van der Waals surface area contributed by atoms with Crippen molar-refractivity contribution in [3.05, 3.63) is 78.4 Å². The maximum atomic E-state index is 13.1. The number of hydrogen-bond donors (Lipinski definition) is 4. The molecular weight excluding hydrogens is 572 g/mol. The van der Waals surface area contributed by atoms with Crippen molar-refractivity contribution in [2.24, 2.45) is 22.2 Å². The number of para-hydroxylation sites is 1. The van der Waals surface area contributed by atoms with Crippen molar-refractivity contribution >= 4 is 28.8 Å². The summed E-state index contributed by atoms with van der Waals surface area (Å²) < 4.78 is 13.2. The van der Waals surface area contributed by atoms with Gasteiger partial charge in [-0.3, -0.25) is 19.5 Å². The van der Waals surface area contributed by atoms with Crippen LogP contribution < -0.4 is 27.3 Å². The number of fused-ring (bicyclic) bond motifs is 1. The number of rotatable bonds is 14. The first-order valence-electron chi connectivity index (χ1n) is 15.2. The molecule has 4 aromatic rings. The third-order valence-electron chi connectivity index (χ3n) is 7.65. The Morgan fingerprint density at radius 3 is 2.40 bits per heavy atom. The van der Waals surface area contributed by atoms with Crippen molar-refractivity contribution in [2.75, 3.05) is 45.9 Å². The topological polar surface area (TPSA) is 176 Å². The molecule has 1 aliphatic heterocycles. The number of primary amides is 1. The van der Waals surface area contributed by atoms with Crippen LogP contribution in [-0.2, 0) is 9.53 Å². The van der Waals surface area contributed by atoms with Crippen LogP contribution >= 0.6 is 0 Å². The lowest BCUT2D eigenvalue weighted by atomic mass is 10.1. The Bertz CT molecular complexity index is 1610. The van der Waals surface area contributed by atoms with Crippen molar-refractivity contribution in [3.8, 4) is 22.9 Å². The molecule has 1 aliphatic rings. The minimum Gasteiger partial charge on any atom is -0.457 e. The van der Waals surface area contributed by atoms with Gasteiger partial charge in [0.1, 0.15) is 23.4 Å². The number of nitrogens with one attached hydrogen (secondary N) is 1. The van der Waals surface area contributed by atoms with Gasteiger partial charge in [0, 0.05) is 37.3 Å². The first-order valence-corrected chi connectivity index (χ1v) is 15.2. The third-order valence-corrected chi connectivity index (χ3v) is 7.65. The van der Waals surface area contributed by atoms with Crippen molar-refractivity contribution in [3.63, 3.8) is 0 Å². The number of ether oxygens (including phenoxy) is 2. The Morgan fingerprint density at radius 2 is 1.69 bits per heavy atom. The van der Waals surface area contributed by atoms with Gasteiger partial charge in [-0.25, -0.2) is 4.98 Å². The van der Waals surface area contributed by atoms with Crippen molar-refractivity contribution in [2.45, 2.75) is 25.3 Å². The average Bonchev–Trinajstić information content (AvgIpc) is 3.42. The van der Waals surface area contributed by atoms with E-state index < -0.39 is 11.9 Å². The lowest BCUT2D eigenvalue weighted by molar-refractivity contribution is -0.121. The Kier molecular flexibility index (Phi) is 10.6. The number of imidazole rings is 1. The summed E-state index contributed by atoms with van der Waals surface area (Å²) in [6.45, 7) is 5.15. The van der Waals surface area contributed by atoms with Gasteiger partial charge in [-0.15, -0.1) is 0 Å². The summed E-state index contributed by atoms with van der Waals surface area (Å²) in [4.78, 5) is 37.2. The molecule has 5 rings (SSSR count). The number of carbonyl (C=O) groups is 2. The number of carbonyl (C=O) groups excluding carboxylic acids is 2. The smallest absolute Gasteiger partial charge is 0.251 e. The van der Waals surface area contributed by atoms with E-state index in [9.17, 15) is 9.59 Å². The Hall–Kier alpha value is -4.94. The fourth-order valence-electron chi connectivity index (χ4n) is 5.38. The molecule has 1 fully saturated rings. The van der Waals surface area contributed by atoms with E-state index in [2.05, 4.69) is 15.2 Å². The standard InChI is InChI=1S/C33H40N8O4/c34-30(42)29(8-4-15-38-33(35)36)41-28-14-11-24(32(43)37-16-5-17-40-18-20-44-21-19-40)22-27(28)39-31(41)23-9-12-26(13-10-23)45-25-6-2-1-3-7-25/h1-3,6-7,9-14,22,29H,4-5,8,15-21H2,(H2,34,42)(H,37,43)(H4,35,36,38)/t29-/m0/s1. The van der Waals surface area contributed by atoms with E-state index in [4.69, 9.17) is 31.7 Å². The molecule has 0 saturated carbocycles. The van der Waals surface area contributed by atoms with E-state index in [1.54, 1.807) is 12.1 Å². The zero-order valence-corrected chi connectivity index (χ0v) is 25.2. The van der Waals surface area contributed by atoms with E-state index in [1.165, 1.54) is 0 Å². The van der Waals surface area contributed by atoms with E-state index in [0.29, 0.717) is 54.1 Å². The molecule has 3 aromatic carbocycles. The van der Waals surface area contributed by atoms with Gasteiger partial charge in [-0.2, -0.15) is 0 Å². The summed E-state index contributed by atoms with van der Waals surface area (Å²) in [5.41, 5.74) is 19.4. The predicted octanol–water partition coefficient (Wildman–Crippen LogP) is 3.03. The number of benzene rings is 3. The summed E-state index contributed by atoms with van der Waals surface area (Å²) in [5, 5.41) is 3.01. The Morgan fingerprint density at radius 1 is 0.956 bits per heavy atom. The fraction of sp³-hybridized carbons (Fsp3) is 0.333. The van der Waals surface area contributed by atoms with Gasteiger partial charge in [-0.05, 0) is 80.4 Å². The molecular formula is C33H40N8O4. The minimum absolute atomic E-state index is 0.0101. The van der Waals surface area contributed by atoms with Crippen molar-refractivity contribution in [1.82, 2.24) is 19.8 Å². The third kappa shape index (κ3) is 8.37. The maximum absolute atomic E-state index is 13.1. The number of nitrogens with zero attached hydrogens (tertiary/aromatic N) is 4. The molecule has 236 valence electrons. The number of nitrogens with two attached hydrogens (primary N) is 3. The molecule has 7 N–H and O–H groups in total. The number of hydrogen-bond acceptors (Lipinski definition) is 7. The Balaban J connectivity index is 1.40. The Labute approximate surface area is 262 Å². The molecule has 0 radical (unpaired) electrons. The summed E-state index contributed by atoms with van der Waals surface area (Å²) >= 11 is 0. The normalized spacial score (nSPS) is 14.1. The molecule has 0 spiro atoms. The van der Waals surface area contributed by atoms with Crippen LogP contribution in [-0.4, -0.2) is 78.2 Å². The molecule has 2 heterocycles. The zero-order valence-electron chi connectivity index (χ0n) is 25.2. The van der Waals surface area contributed by atoms with E-state index in [0.717, 1.165) is 50.6 Å². The molecule has 0 unspecified atom stereocenters. The molecule has 12 nitrogen and oxygen atoms in total. The van der Waals surface area contributed by atoms with Crippen LogP contribution in [0.25, 0.3) is 22.4 Å². The largest absolute Gasteiger partial charge is 0.457 e. The van der Waals surface area contributed by atoms with Gasteiger partial charge in [0.15, 0.2) is 5.96 Å². The summed E-state index contributed by atoms with van der Waals surface area (Å²) in [7, 11) is 0. The quantitative estimate of drug-likeness (QED) is 0.0954. The lowest BCUT2D eigenvalue weighted by Crippen LogP contribution is -2.38. The molecule has 2 amide bonds. The lowest BCUT2D eigenvalue weighted by Gasteiger charge is -2.26. The summed E-state index contributed by atoms with van der Waals surface area (Å²) in [5.74, 6) is 1.23. The molecule has 0 bridgehead atoms. The van der Waals surface area contributed by atoms with Crippen LogP contribution in [0.1, 0.15) is 35.7 Å². The number of guanidine groups is 1. The molecule has 45 heavy (non-hydrogen) atoms. The molecule has 1 atom stereocenters. The van der Waals surface area contributed by atoms with Crippen LogP contribution in [0.5, 0.6) is 11.5 Å². The van der Waals surface area contributed by atoms with Crippen LogP contribution in [0, 0.1) is 0 Å². The second-order valence-corrected chi connectivity index (χ2v) is 10.9. The van der Waals surface area contributed by atoms with E-state index in [-0.39, 0.29) is 11.9 Å². The van der Waals surface area contributed by atoms with Gasteiger partial charge in [0.2, 0.25) is 5.91 Å². The van der Waals surface area contributed by atoms with Gasteiger partial charge >= 0.3 is 0 Å². The second kappa shape index (κ2) is 15.2. The predicted molar refractivity (Wildman–Crippen MR) is 174 cm³/mol. The summed E-state index contributed by atoms with van der Waals surface area (Å²) in [6.07, 6.45) is 1.77.